The highest BCUT2D eigenvalue weighted by atomic mass is 15.2. The van der Waals surface area contributed by atoms with Gasteiger partial charge in [0.15, 0.2) is 0 Å². The van der Waals surface area contributed by atoms with Crippen LogP contribution in [0.5, 0.6) is 0 Å². The van der Waals surface area contributed by atoms with Gasteiger partial charge in [-0.25, -0.2) is 9.97 Å². The molecule has 0 bridgehead atoms. The summed E-state index contributed by atoms with van der Waals surface area (Å²) in [4.78, 5) is 19.7. The van der Waals surface area contributed by atoms with E-state index in [1.165, 1.54) is 5.56 Å². The van der Waals surface area contributed by atoms with Gasteiger partial charge in [0.1, 0.15) is 11.6 Å². The molecule has 68 heavy (non-hydrogen) atoms. The number of aromatic nitrogens is 5. The molecule has 9 aromatic carbocycles. The van der Waals surface area contributed by atoms with Gasteiger partial charge in [0.25, 0.3) is 0 Å². The number of nitrogens with zero attached hydrogens (tertiary/aromatic N) is 7. The Morgan fingerprint density at radius 3 is 1.28 bits per heavy atom. The zero-order valence-electron chi connectivity index (χ0n) is 36.6. The summed E-state index contributed by atoms with van der Waals surface area (Å²) in [6.07, 6.45) is 3.70. The minimum Gasteiger partial charge on any atom is -0.306 e. The summed E-state index contributed by atoms with van der Waals surface area (Å²) in [6.45, 7) is 0. The predicted octanol–water partition coefficient (Wildman–Crippen LogP) is 15.7. The van der Waals surface area contributed by atoms with Crippen LogP contribution in [0.1, 0.15) is 0 Å². The lowest BCUT2D eigenvalue weighted by molar-refractivity contribution is 1.06. The van der Waals surface area contributed by atoms with Crippen molar-refractivity contribution in [2.24, 2.45) is 0 Å². The number of hydrogen-bond acceptors (Lipinski definition) is 5. The van der Waals surface area contributed by atoms with Crippen LogP contribution in [0.15, 0.2) is 237 Å². The third-order valence-electron chi connectivity index (χ3n) is 13.5. The number of rotatable bonds is 7. The number of para-hydroxylation sites is 3. The predicted molar refractivity (Wildman–Crippen MR) is 277 cm³/mol. The smallest absolute Gasteiger partial charge is 0.145 e. The third-order valence-corrected chi connectivity index (χ3v) is 13.5. The molecule has 14 rings (SSSR count). The first-order valence-electron chi connectivity index (χ1n) is 22.9. The molecule has 318 valence electrons. The van der Waals surface area contributed by atoms with Crippen molar-refractivity contribution in [1.29, 1.82) is 0 Å². The van der Waals surface area contributed by atoms with Gasteiger partial charge in [-0.1, -0.05) is 133 Å². The molecule has 2 aliphatic heterocycles. The summed E-state index contributed by atoms with van der Waals surface area (Å²) in [7, 11) is 0. The molecule has 0 N–H and O–H groups in total. The maximum atomic E-state index is 5.39. The van der Waals surface area contributed by atoms with Crippen LogP contribution in [0, 0.1) is 0 Å². The van der Waals surface area contributed by atoms with E-state index in [2.05, 4.69) is 248 Å². The van der Waals surface area contributed by atoms with Crippen molar-refractivity contribution in [1.82, 2.24) is 24.1 Å². The van der Waals surface area contributed by atoms with Crippen molar-refractivity contribution in [3.05, 3.63) is 237 Å². The van der Waals surface area contributed by atoms with Gasteiger partial charge in [0, 0.05) is 34.9 Å². The van der Waals surface area contributed by atoms with Crippen molar-refractivity contribution in [2.75, 3.05) is 9.80 Å². The monoisotopic (exact) mass is 869 g/mol. The van der Waals surface area contributed by atoms with Crippen LogP contribution in [0.2, 0.25) is 0 Å². The van der Waals surface area contributed by atoms with Crippen molar-refractivity contribution in [3.8, 4) is 67.5 Å². The fourth-order valence-corrected chi connectivity index (χ4v) is 10.4. The lowest BCUT2D eigenvalue weighted by atomic mass is 9.99. The fourth-order valence-electron chi connectivity index (χ4n) is 10.4. The summed E-state index contributed by atoms with van der Waals surface area (Å²) in [5.74, 6) is 1.83. The highest BCUT2D eigenvalue weighted by Crippen LogP contribution is 2.51. The van der Waals surface area contributed by atoms with Gasteiger partial charge < -0.3 is 9.80 Å². The minimum absolute atomic E-state index is 0.898. The Balaban J connectivity index is 0.889. The van der Waals surface area contributed by atoms with Crippen molar-refractivity contribution in [3.63, 3.8) is 0 Å². The molecular formula is C61H39N7. The molecule has 0 saturated carbocycles. The van der Waals surface area contributed by atoms with E-state index in [9.17, 15) is 0 Å². The Bertz CT molecular complexity index is 3900. The van der Waals surface area contributed by atoms with Crippen molar-refractivity contribution < 1.29 is 0 Å². The van der Waals surface area contributed by atoms with Gasteiger partial charge >= 0.3 is 0 Å². The lowest BCUT2D eigenvalue weighted by Gasteiger charge is -2.33. The lowest BCUT2D eigenvalue weighted by Crippen LogP contribution is -2.18. The molecule has 2 aliphatic rings. The Morgan fingerprint density at radius 1 is 0.265 bits per heavy atom. The fraction of sp³-hybridized carbons (Fsp3) is 0. The molecule has 0 radical (unpaired) electrons. The van der Waals surface area contributed by atoms with Gasteiger partial charge in [-0.2, -0.15) is 0 Å². The molecule has 0 saturated heterocycles. The summed E-state index contributed by atoms with van der Waals surface area (Å²) in [5.41, 5.74) is 21.7. The van der Waals surface area contributed by atoms with Crippen LogP contribution < -0.4 is 9.80 Å². The molecule has 3 aromatic heterocycles. The normalized spacial score (nSPS) is 12.4. The molecule has 0 amide bonds. The molecule has 7 heteroatoms. The highest BCUT2D eigenvalue weighted by molar-refractivity contribution is 6.05. The number of benzene rings is 9. The Kier molecular flexibility index (Phi) is 8.45. The topological polar surface area (TPSA) is 55.0 Å². The van der Waals surface area contributed by atoms with Crippen LogP contribution in [0.25, 0.3) is 89.6 Å². The molecule has 0 unspecified atom stereocenters. The van der Waals surface area contributed by atoms with Gasteiger partial charge in [-0.3, -0.25) is 14.1 Å². The van der Waals surface area contributed by atoms with E-state index in [4.69, 9.17) is 9.97 Å². The number of imidazole rings is 2. The number of hydrogen-bond donors (Lipinski definition) is 0. The zero-order valence-corrected chi connectivity index (χ0v) is 36.6. The van der Waals surface area contributed by atoms with Crippen molar-refractivity contribution in [2.45, 2.75) is 0 Å². The number of anilines is 6. The number of pyridine rings is 1. The first kappa shape index (κ1) is 38.0. The van der Waals surface area contributed by atoms with Gasteiger partial charge in [0.05, 0.1) is 56.2 Å². The highest BCUT2D eigenvalue weighted by Gasteiger charge is 2.32. The van der Waals surface area contributed by atoms with E-state index >= 15 is 0 Å². The molecule has 0 atom stereocenters. The zero-order chi connectivity index (χ0) is 44.7. The second-order valence-corrected chi connectivity index (χ2v) is 17.3. The van der Waals surface area contributed by atoms with E-state index < -0.39 is 0 Å². The minimum atomic E-state index is 0.898. The third kappa shape index (κ3) is 5.89. The number of fused-ring (bicyclic) bond motifs is 4. The Labute approximate surface area is 392 Å². The molecule has 12 aromatic rings. The summed E-state index contributed by atoms with van der Waals surface area (Å²) < 4.78 is 4.69. The quantitative estimate of drug-likeness (QED) is 0.160. The molecule has 7 nitrogen and oxygen atoms in total. The van der Waals surface area contributed by atoms with E-state index in [0.29, 0.717) is 0 Å². The van der Waals surface area contributed by atoms with Crippen LogP contribution >= 0.6 is 0 Å². The average Bonchev–Trinajstić information content (AvgIpc) is 4.01. The first-order chi connectivity index (χ1) is 33.7. The SMILES string of the molecule is c1ccc(-c2ccc3c(c2)N(c2ccc(-c4cccc(-c5nc6cccc7c6n5-c5ccc(-c6ccncc6)cc5N7c5ccccc5)c4)cc2)c2cccc4nc(-c5ccccc5)n-3c24)cc1. The summed E-state index contributed by atoms with van der Waals surface area (Å²) >= 11 is 0. The van der Waals surface area contributed by atoms with Crippen LogP contribution in [-0.2, 0) is 0 Å². The van der Waals surface area contributed by atoms with E-state index in [0.717, 1.165) is 118 Å². The Hall–Kier alpha value is -9.33. The van der Waals surface area contributed by atoms with Gasteiger partial charge in [-0.15, -0.1) is 0 Å². The largest absolute Gasteiger partial charge is 0.306 e. The summed E-state index contributed by atoms with van der Waals surface area (Å²) in [6, 6.07) is 80.1. The van der Waals surface area contributed by atoms with Gasteiger partial charge in [-0.05, 0) is 124 Å². The van der Waals surface area contributed by atoms with E-state index in [1.54, 1.807) is 0 Å². The molecular weight excluding hydrogens is 831 g/mol. The molecule has 0 aliphatic carbocycles. The van der Waals surface area contributed by atoms with Crippen LogP contribution in [0.3, 0.4) is 0 Å². The van der Waals surface area contributed by atoms with E-state index in [-0.39, 0.29) is 0 Å². The standard InChI is InChI=1S/C61H39N7/c1-4-13-40(14-5-1)45-27-31-52-57(38-45)66(55-24-11-21-50-58(55)67(52)60(63-50)43-15-6-2-7-16-43)49-29-25-41(26-30-49)44-17-10-18-47(37-44)61-64-51-22-12-23-54-59(51)68(61)53-32-28-46(42-33-35-62-36-34-42)39-56(53)65(54)48-19-8-3-9-20-48/h1-39H. The molecule has 0 spiro atoms. The van der Waals surface area contributed by atoms with Crippen molar-refractivity contribution >= 4 is 56.2 Å². The second kappa shape index (κ2) is 15.1. The van der Waals surface area contributed by atoms with Crippen LogP contribution in [-0.4, -0.2) is 24.1 Å². The van der Waals surface area contributed by atoms with E-state index in [1.807, 2.05) is 12.4 Å². The van der Waals surface area contributed by atoms with Gasteiger partial charge in [0.2, 0.25) is 0 Å². The summed E-state index contributed by atoms with van der Waals surface area (Å²) in [5, 5.41) is 0. The maximum Gasteiger partial charge on any atom is 0.145 e. The first-order valence-corrected chi connectivity index (χ1v) is 22.9. The molecule has 0 fully saturated rings. The molecule has 5 heterocycles. The average molecular weight is 870 g/mol. The second-order valence-electron chi connectivity index (χ2n) is 17.3. The van der Waals surface area contributed by atoms with Crippen LogP contribution in [0.4, 0.5) is 34.1 Å². The Morgan fingerprint density at radius 2 is 0.691 bits per heavy atom. The maximum absolute atomic E-state index is 5.39.